The number of carbonyl (C=O) groups excluding carboxylic acids is 1. The van der Waals surface area contributed by atoms with Crippen LogP contribution in [0.25, 0.3) is 0 Å². The number of aromatic nitrogens is 2. The molecular formula is C14H26N4O. The van der Waals surface area contributed by atoms with Gasteiger partial charge in [0.05, 0.1) is 12.7 Å². The average molecular weight is 266 g/mol. The first-order valence-corrected chi connectivity index (χ1v) is 6.77. The summed E-state index contributed by atoms with van der Waals surface area (Å²) in [5.41, 5.74) is 7.25. The highest BCUT2D eigenvalue weighted by molar-refractivity contribution is 5.76. The minimum atomic E-state index is -0.0769. The Morgan fingerprint density at radius 3 is 2.74 bits per heavy atom. The summed E-state index contributed by atoms with van der Waals surface area (Å²) in [7, 11) is 0. The summed E-state index contributed by atoms with van der Waals surface area (Å²) in [6, 6.07) is -0.0769. The van der Waals surface area contributed by atoms with E-state index in [0.717, 1.165) is 12.0 Å². The third-order valence-corrected chi connectivity index (χ3v) is 2.75. The zero-order chi connectivity index (χ0) is 14.5. The van der Waals surface area contributed by atoms with Gasteiger partial charge in [0.2, 0.25) is 5.91 Å². The van der Waals surface area contributed by atoms with Crippen LogP contribution in [-0.2, 0) is 11.3 Å². The largest absolute Gasteiger partial charge is 0.354 e. The molecule has 0 aromatic carbocycles. The molecule has 0 spiro atoms. The number of nitrogens with zero attached hydrogens (tertiary/aromatic N) is 2. The lowest BCUT2D eigenvalue weighted by molar-refractivity contribution is -0.121. The average Bonchev–Trinajstić information content (AvgIpc) is 2.60. The van der Waals surface area contributed by atoms with Crippen molar-refractivity contribution in [2.45, 2.75) is 53.1 Å². The van der Waals surface area contributed by atoms with Gasteiger partial charge in [-0.2, -0.15) is 5.10 Å². The summed E-state index contributed by atoms with van der Waals surface area (Å²) in [6.45, 7) is 9.66. The summed E-state index contributed by atoms with van der Waals surface area (Å²) in [5, 5.41) is 7.04. The van der Waals surface area contributed by atoms with E-state index in [0.29, 0.717) is 19.5 Å². The summed E-state index contributed by atoms with van der Waals surface area (Å²) >= 11 is 0. The Morgan fingerprint density at radius 2 is 2.21 bits per heavy atom. The lowest BCUT2D eigenvalue weighted by atomic mass is 9.87. The summed E-state index contributed by atoms with van der Waals surface area (Å²) in [5.74, 6) is 0.0145. The van der Waals surface area contributed by atoms with Gasteiger partial charge in [0.1, 0.15) is 0 Å². The van der Waals surface area contributed by atoms with E-state index >= 15 is 0 Å². The molecule has 0 aliphatic rings. The molecule has 3 N–H and O–H groups in total. The molecule has 1 aromatic rings. The second kappa shape index (κ2) is 6.70. The lowest BCUT2D eigenvalue weighted by Gasteiger charge is -2.22. The fraction of sp³-hybridized carbons (Fsp3) is 0.714. The van der Waals surface area contributed by atoms with Crippen molar-refractivity contribution in [2.24, 2.45) is 11.1 Å². The van der Waals surface area contributed by atoms with Crippen molar-refractivity contribution in [3.05, 3.63) is 18.0 Å². The van der Waals surface area contributed by atoms with Crippen LogP contribution in [0.2, 0.25) is 0 Å². The summed E-state index contributed by atoms with van der Waals surface area (Å²) < 4.78 is 1.82. The van der Waals surface area contributed by atoms with Gasteiger partial charge in [-0.05, 0) is 24.3 Å². The molecule has 0 aliphatic heterocycles. The third-order valence-electron chi connectivity index (χ3n) is 2.75. The Kier molecular flexibility index (Phi) is 5.54. The number of aryl methyl sites for hydroxylation is 1. The Labute approximate surface area is 115 Å². The highest BCUT2D eigenvalue weighted by atomic mass is 16.1. The zero-order valence-electron chi connectivity index (χ0n) is 12.4. The molecule has 19 heavy (non-hydrogen) atoms. The van der Waals surface area contributed by atoms with Crippen LogP contribution in [0.5, 0.6) is 0 Å². The maximum Gasteiger partial charge on any atom is 0.221 e. The van der Waals surface area contributed by atoms with Gasteiger partial charge in [0.15, 0.2) is 0 Å². The molecule has 1 rings (SSSR count). The predicted octanol–water partition coefficient (Wildman–Crippen LogP) is 1.46. The minimum absolute atomic E-state index is 0.0145. The van der Waals surface area contributed by atoms with E-state index in [-0.39, 0.29) is 17.4 Å². The van der Waals surface area contributed by atoms with Crippen LogP contribution in [0, 0.1) is 12.3 Å². The number of hydrogen-bond donors (Lipinski definition) is 2. The highest BCUT2D eigenvalue weighted by Gasteiger charge is 2.17. The Balaban J connectivity index is 2.21. The van der Waals surface area contributed by atoms with Crippen molar-refractivity contribution >= 4 is 5.91 Å². The van der Waals surface area contributed by atoms with Crippen LogP contribution >= 0.6 is 0 Å². The van der Waals surface area contributed by atoms with Crippen LogP contribution in [0.1, 0.15) is 39.2 Å². The van der Waals surface area contributed by atoms with E-state index in [1.807, 2.05) is 17.8 Å². The Bertz CT molecular complexity index is 406. The van der Waals surface area contributed by atoms with Crippen molar-refractivity contribution in [1.29, 1.82) is 0 Å². The van der Waals surface area contributed by atoms with Crippen molar-refractivity contribution in [2.75, 3.05) is 6.54 Å². The van der Waals surface area contributed by atoms with Gasteiger partial charge >= 0.3 is 0 Å². The molecule has 0 bridgehead atoms. The molecule has 5 nitrogen and oxygen atoms in total. The monoisotopic (exact) mass is 266 g/mol. The molecule has 1 aromatic heterocycles. The minimum Gasteiger partial charge on any atom is -0.354 e. The van der Waals surface area contributed by atoms with Gasteiger partial charge in [-0.15, -0.1) is 0 Å². The third kappa shape index (κ3) is 6.96. The lowest BCUT2D eigenvalue weighted by Crippen LogP contribution is -2.35. The SMILES string of the molecule is Cc1cnn(CCNC(=O)CC(N)CC(C)(C)C)c1. The standard InChI is InChI=1S/C14H26N4O/c1-11-9-17-18(10-11)6-5-16-13(19)7-12(15)8-14(2,3)4/h9-10,12H,5-8,15H2,1-4H3,(H,16,19). The molecule has 1 unspecified atom stereocenters. The second-order valence-corrected chi connectivity index (χ2v) is 6.36. The number of hydrogen-bond acceptors (Lipinski definition) is 3. The highest BCUT2D eigenvalue weighted by Crippen LogP contribution is 2.20. The van der Waals surface area contributed by atoms with E-state index in [1.165, 1.54) is 0 Å². The second-order valence-electron chi connectivity index (χ2n) is 6.36. The first kappa shape index (κ1) is 15.7. The maximum atomic E-state index is 11.7. The molecule has 0 fully saturated rings. The Hall–Kier alpha value is -1.36. The summed E-state index contributed by atoms with van der Waals surface area (Å²) in [4.78, 5) is 11.7. The van der Waals surface area contributed by atoms with Gasteiger partial charge < -0.3 is 11.1 Å². The van der Waals surface area contributed by atoms with Crippen molar-refractivity contribution < 1.29 is 4.79 Å². The first-order chi connectivity index (χ1) is 8.76. The molecule has 1 atom stereocenters. The number of rotatable bonds is 6. The van der Waals surface area contributed by atoms with E-state index in [2.05, 4.69) is 31.2 Å². The van der Waals surface area contributed by atoms with Gasteiger partial charge in [-0.3, -0.25) is 9.48 Å². The molecule has 5 heteroatoms. The molecular weight excluding hydrogens is 240 g/mol. The van der Waals surface area contributed by atoms with E-state index < -0.39 is 0 Å². The van der Waals surface area contributed by atoms with E-state index in [4.69, 9.17) is 5.73 Å². The van der Waals surface area contributed by atoms with Crippen LogP contribution in [0.4, 0.5) is 0 Å². The molecule has 1 heterocycles. The molecule has 0 radical (unpaired) electrons. The van der Waals surface area contributed by atoms with Crippen molar-refractivity contribution in [1.82, 2.24) is 15.1 Å². The van der Waals surface area contributed by atoms with Crippen LogP contribution in [0.3, 0.4) is 0 Å². The zero-order valence-corrected chi connectivity index (χ0v) is 12.4. The molecule has 0 saturated heterocycles. The van der Waals surface area contributed by atoms with Crippen LogP contribution in [0.15, 0.2) is 12.4 Å². The number of carbonyl (C=O) groups is 1. The topological polar surface area (TPSA) is 72.9 Å². The maximum absolute atomic E-state index is 11.7. The van der Waals surface area contributed by atoms with E-state index in [9.17, 15) is 4.79 Å². The smallest absolute Gasteiger partial charge is 0.221 e. The van der Waals surface area contributed by atoms with Gasteiger partial charge in [-0.1, -0.05) is 20.8 Å². The fourth-order valence-electron chi connectivity index (χ4n) is 2.07. The molecule has 0 saturated carbocycles. The van der Waals surface area contributed by atoms with Gasteiger partial charge in [0.25, 0.3) is 0 Å². The van der Waals surface area contributed by atoms with Crippen molar-refractivity contribution in [3.63, 3.8) is 0 Å². The normalized spacial score (nSPS) is 13.3. The van der Waals surface area contributed by atoms with Gasteiger partial charge in [0, 0.05) is 25.2 Å². The summed E-state index contributed by atoms with van der Waals surface area (Å²) in [6.07, 6.45) is 4.99. The molecule has 108 valence electrons. The number of nitrogens with two attached hydrogens (primary N) is 1. The number of amides is 1. The first-order valence-electron chi connectivity index (χ1n) is 6.77. The van der Waals surface area contributed by atoms with Crippen LogP contribution in [-0.4, -0.2) is 28.3 Å². The quantitative estimate of drug-likeness (QED) is 0.818. The molecule has 0 aliphatic carbocycles. The number of nitrogens with one attached hydrogen (secondary N) is 1. The molecule has 1 amide bonds. The van der Waals surface area contributed by atoms with Crippen molar-refractivity contribution in [3.8, 4) is 0 Å². The fourth-order valence-corrected chi connectivity index (χ4v) is 2.07. The van der Waals surface area contributed by atoms with Gasteiger partial charge in [-0.25, -0.2) is 0 Å². The predicted molar refractivity (Wildman–Crippen MR) is 76.6 cm³/mol. The van der Waals surface area contributed by atoms with Crippen LogP contribution < -0.4 is 11.1 Å². The Morgan fingerprint density at radius 1 is 1.53 bits per heavy atom. The van der Waals surface area contributed by atoms with E-state index in [1.54, 1.807) is 6.20 Å².